The summed E-state index contributed by atoms with van der Waals surface area (Å²) in [6.07, 6.45) is 0. The number of aryl methyl sites for hydroxylation is 1. The van der Waals surface area contributed by atoms with Crippen molar-refractivity contribution in [2.75, 3.05) is 0 Å². The second-order valence-corrected chi connectivity index (χ2v) is 4.73. The Kier molecular flexibility index (Phi) is 3.70. The number of nitrogens with two attached hydrogens (primary N) is 1. The van der Waals surface area contributed by atoms with Gasteiger partial charge in [-0.2, -0.15) is 4.98 Å². The maximum atomic E-state index is 11.0. The van der Waals surface area contributed by atoms with Gasteiger partial charge < -0.3 is 5.73 Å². The van der Waals surface area contributed by atoms with E-state index in [9.17, 15) is 9.59 Å². The fourth-order valence-electron chi connectivity index (χ4n) is 0.840. The van der Waals surface area contributed by atoms with Gasteiger partial charge in [-0.1, -0.05) is 18.7 Å². The van der Waals surface area contributed by atoms with Gasteiger partial charge in [-0.25, -0.2) is 0 Å². The van der Waals surface area contributed by atoms with Crippen LogP contribution in [0.15, 0.2) is 14.7 Å². The van der Waals surface area contributed by atoms with Crippen LogP contribution in [0.5, 0.6) is 0 Å². The fraction of sp³-hybridized carbons (Fsp3) is 0.625. The lowest BCUT2D eigenvalue weighted by Crippen LogP contribution is -2.35. The Bertz CT molecular complexity index is 451. The summed E-state index contributed by atoms with van der Waals surface area (Å²) in [7, 11) is 1.63. The van der Waals surface area contributed by atoms with Crippen LogP contribution in [0.3, 0.4) is 0 Å². The van der Waals surface area contributed by atoms with Gasteiger partial charge in [0.25, 0.3) is 0 Å². The van der Waals surface area contributed by atoms with E-state index in [2.05, 4.69) is 10.1 Å². The molecule has 3 N–H and O–H groups in total. The second-order valence-electron chi connectivity index (χ2n) is 3.38. The molecule has 7 heteroatoms. The molecule has 1 rings (SSSR count). The SMILES string of the molecule is CC(N)C(C)Sc1nc(=O)c(=O)[nH]n1C. The summed E-state index contributed by atoms with van der Waals surface area (Å²) in [4.78, 5) is 25.6. The van der Waals surface area contributed by atoms with Crippen LogP contribution in [0, 0.1) is 0 Å². The van der Waals surface area contributed by atoms with Gasteiger partial charge in [0.2, 0.25) is 0 Å². The second kappa shape index (κ2) is 4.63. The summed E-state index contributed by atoms with van der Waals surface area (Å²) in [5.41, 5.74) is 4.21. The zero-order chi connectivity index (χ0) is 11.6. The molecule has 0 spiro atoms. The molecule has 0 fully saturated rings. The quantitative estimate of drug-likeness (QED) is 0.529. The van der Waals surface area contributed by atoms with Gasteiger partial charge in [0, 0.05) is 18.3 Å². The Balaban J connectivity index is 3.01. The van der Waals surface area contributed by atoms with E-state index in [1.807, 2.05) is 13.8 Å². The predicted octanol–water partition coefficient (Wildman–Crippen LogP) is -0.704. The van der Waals surface area contributed by atoms with E-state index in [4.69, 9.17) is 5.73 Å². The molecule has 1 aromatic heterocycles. The van der Waals surface area contributed by atoms with Crippen molar-refractivity contribution in [2.24, 2.45) is 12.8 Å². The Hall–Kier alpha value is -1.08. The van der Waals surface area contributed by atoms with Crippen LogP contribution >= 0.6 is 11.8 Å². The summed E-state index contributed by atoms with van der Waals surface area (Å²) < 4.78 is 1.42. The molecular weight excluding hydrogens is 216 g/mol. The van der Waals surface area contributed by atoms with Crippen LogP contribution in [0.4, 0.5) is 0 Å². The van der Waals surface area contributed by atoms with Crippen molar-refractivity contribution in [2.45, 2.75) is 30.3 Å². The maximum Gasteiger partial charge on any atom is 0.339 e. The average molecular weight is 230 g/mol. The number of thioether (sulfide) groups is 1. The molecule has 2 atom stereocenters. The minimum Gasteiger partial charge on any atom is -0.327 e. The van der Waals surface area contributed by atoms with E-state index in [1.54, 1.807) is 7.05 Å². The van der Waals surface area contributed by atoms with Crippen molar-refractivity contribution in [3.63, 3.8) is 0 Å². The third kappa shape index (κ3) is 2.93. The Morgan fingerprint density at radius 3 is 2.60 bits per heavy atom. The van der Waals surface area contributed by atoms with Gasteiger partial charge in [-0.05, 0) is 6.92 Å². The molecule has 0 aliphatic heterocycles. The number of H-pyrrole nitrogens is 1. The zero-order valence-corrected chi connectivity index (χ0v) is 9.67. The van der Waals surface area contributed by atoms with Gasteiger partial charge in [0.1, 0.15) is 0 Å². The van der Waals surface area contributed by atoms with Crippen LogP contribution in [-0.4, -0.2) is 26.1 Å². The van der Waals surface area contributed by atoms with Gasteiger partial charge in [-0.15, -0.1) is 0 Å². The van der Waals surface area contributed by atoms with Crippen LogP contribution < -0.4 is 16.9 Å². The van der Waals surface area contributed by atoms with E-state index < -0.39 is 11.1 Å². The zero-order valence-electron chi connectivity index (χ0n) is 8.85. The number of rotatable bonds is 3. The van der Waals surface area contributed by atoms with Crippen molar-refractivity contribution < 1.29 is 0 Å². The Labute approximate surface area is 90.9 Å². The van der Waals surface area contributed by atoms with E-state index in [0.717, 1.165) is 0 Å². The molecule has 84 valence electrons. The Morgan fingerprint density at radius 2 is 2.07 bits per heavy atom. The molecule has 2 unspecified atom stereocenters. The lowest BCUT2D eigenvalue weighted by Gasteiger charge is -2.15. The highest BCUT2D eigenvalue weighted by Gasteiger charge is 2.13. The fourth-order valence-corrected chi connectivity index (χ4v) is 1.73. The first kappa shape index (κ1) is 12.0. The molecule has 15 heavy (non-hydrogen) atoms. The molecule has 0 radical (unpaired) electrons. The average Bonchev–Trinajstić information content (AvgIpc) is 2.13. The standard InChI is InChI=1S/C8H14N4O2S/c1-4(9)5(2)15-8-10-6(13)7(14)11-12(8)3/h4-5H,9H2,1-3H3,(H,11,14). The van der Waals surface area contributed by atoms with Gasteiger partial charge in [-0.3, -0.25) is 19.4 Å². The lowest BCUT2D eigenvalue weighted by molar-refractivity contribution is 0.592. The number of nitrogens with zero attached hydrogens (tertiary/aromatic N) is 2. The third-order valence-electron chi connectivity index (χ3n) is 1.98. The van der Waals surface area contributed by atoms with E-state index in [0.29, 0.717) is 5.16 Å². The molecular formula is C8H14N4O2S. The normalized spacial score (nSPS) is 14.9. The number of hydrogen-bond donors (Lipinski definition) is 2. The molecule has 0 bridgehead atoms. The first-order valence-electron chi connectivity index (χ1n) is 4.51. The largest absolute Gasteiger partial charge is 0.339 e. The number of aromatic amines is 1. The molecule has 0 aliphatic carbocycles. The smallest absolute Gasteiger partial charge is 0.327 e. The lowest BCUT2D eigenvalue weighted by atomic mass is 10.3. The topological polar surface area (TPSA) is 93.8 Å². The predicted molar refractivity (Wildman–Crippen MR) is 59.1 cm³/mol. The summed E-state index contributed by atoms with van der Waals surface area (Å²) in [5, 5.41) is 2.96. The van der Waals surface area contributed by atoms with Crippen LogP contribution in [-0.2, 0) is 7.05 Å². The highest BCUT2D eigenvalue weighted by molar-refractivity contribution is 7.99. The van der Waals surface area contributed by atoms with E-state index in [-0.39, 0.29) is 11.3 Å². The molecule has 0 aromatic carbocycles. The molecule has 0 saturated heterocycles. The van der Waals surface area contributed by atoms with Crippen molar-refractivity contribution in [3.8, 4) is 0 Å². The first-order valence-corrected chi connectivity index (χ1v) is 5.39. The first-order chi connectivity index (χ1) is 6.91. The third-order valence-corrected chi connectivity index (χ3v) is 3.36. The highest BCUT2D eigenvalue weighted by Crippen LogP contribution is 2.19. The molecule has 0 amide bonds. The summed E-state index contributed by atoms with van der Waals surface area (Å²) in [5.74, 6) is 0. The van der Waals surface area contributed by atoms with E-state index >= 15 is 0 Å². The number of aromatic nitrogens is 3. The maximum absolute atomic E-state index is 11.0. The monoisotopic (exact) mass is 230 g/mol. The van der Waals surface area contributed by atoms with Crippen LogP contribution in [0.25, 0.3) is 0 Å². The van der Waals surface area contributed by atoms with Crippen molar-refractivity contribution in [1.29, 1.82) is 0 Å². The van der Waals surface area contributed by atoms with Crippen molar-refractivity contribution in [3.05, 3.63) is 20.7 Å². The van der Waals surface area contributed by atoms with Crippen molar-refractivity contribution >= 4 is 11.8 Å². The van der Waals surface area contributed by atoms with Crippen LogP contribution in [0.1, 0.15) is 13.8 Å². The molecule has 0 saturated carbocycles. The minimum absolute atomic E-state index is 0.0150. The molecule has 1 aromatic rings. The molecule has 1 heterocycles. The summed E-state index contributed by atoms with van der Waals surface area (Å²) >= 11 is 1.36. The number of hydrogen-bond acceptors (Lipinski definition) is 5. The summed E-state index contributed by atoms with van der Waals surface area (Å²) in [6, 6.07) is -0.0150. The van der Waals surface area contributed by atoms with E-state index in [1.165, 1.54) is 16.4 Å². The highest BCUT2D eigenvalue weighted by atomic mass is 32.2. The van der Waals surface area contributed by atoms with Gasteiger partial charge in [0.15, 0.2) is 5.16 Å². The minimum atomic E-state index is -0.771. The summed E-state index contributed by atoms with van der Waals surface area (Å²) in [6.45, 7) is 3.81. The number of nitrogens with one attached hydrogen (secondary N) is 1. The van der Waals surface area contributed by atoms with Crippen LogP contribution in [0.2, 0.25) is 0 Å². The van der Waals surface area contributed by atoms with Gasteiger partial charge >= 0.3 is 11.1 Å². The van der Waals surface area contributed by atoms with Crippen molar-refractivity contribution in [1.82, 2.24) is 14.8 Å². The Morgan fingerprint density at radius 1 is 1.47 bits per heavy atom. The molecule has 0 aliphatic rings. The molecule has 6 nitrogen and oxygen atoms in total. The van der Waals surface area contributed by atoms with Gasteiger partial charge in [0.05, 0.1) is 0 Å².